The Morgan fingerprint density at radius 2 is 2.21 bits per heavy atom. The molecule has 0 saturated heterocycles. The fourth-order valence-electron chi connectivity index (χ4n) is 3.10. The molecule has 1 heterocycles. The normalized spacial score (nSPS) is 23.2. The molecule has 0 aromatic carbocycles. The van der Waals surface area contributed by atoms with Gasteiger partial charge < -0.3 is 5.32 Å². The minimum atomic E-state index is 0.661. The van der Waals surface area contributed by atoms with E-state index >= 15 is 0 Å². The van der Waals surface area contributed by atoms with Gasteiger partial charge in [0, 0.05) is 24.3 Å². The third kappa shape index (κ3) is 4.02. The van der Waals surface area contributed by atoms with Crippen LogP contribution in [0.25, 0.3) is 0 Å². The van der Waals surface area contributed by atoms with E-state index in [1.165, 1.54) is 31.4 Å². The van der Waals surface area contributed by atoms with Crippen LogP contribution < -0.4 is 5.32 Å². The summed E-state index contributed by atoms with van der Waals surface area (Å²) >= 11 is 0. The molecule has 2 unspecified atom stereocenters. The van der Waals surface area contributed by atoms with Crippen molar-refractivity contribution in [3.05, 3.63) is 29.6 Å². The van der Waals surface area contributed by atoms with Gasteiger partial charge in [-0.05, 0) is 51.9 Å². The molecular weight excluding hydrogens is 234 g/mol. The van der Waals surface area contributed by atoms with Gasteiger partial charge in [0.2, 0.25) is 0 Å². The van der Waals surface area contributed by atoms with Crippen molar-refractivity contribution in [3.8, 4) is 0 Å². The first-order valence-electron chi connectivity index (χ1n) is 7.57. The van der Waals surface area contributed by atoms with Gasteiger partial charge in [0.15, 0.2) is 0 Å². The lowest BCUT2D eigenvalue weighted by Crippen LogP contribution is -2.45. The fourth-order valence-corrected chi connectivity index (χ4v) is 3.10. The largest absolute Gasteiger partial charge is 0.312 e. The molecule has 1 fully saturated rings. The van der Waals surface area contributed by atoms with E-state index in [9.17, 15) is 0 Å². The van der Waals surface area contributed by atoms with Crippen LogP contribution in [-0.4, -0.2) is 35.6 Å². The average molecular weight is 261 g/mol. The van der Waals surface area contributed by atoms with Gasteiger partial charge in [-0.1, -0.05) is 19.4 Å². The molecule has 0 aliphatic heterocycles. The molecule has 0 radical (unpaired) electrons. The van der Waals surface area contributed by atoms with Crippen LogP contribution in [0.5, 0.6) is 0 Å². The molecule has 106 valence electrons. The van der Waals surface area contributed by atoms with Gasteiger partial charge >= 0.3 is 0 Å². The molecule has 0 bridgehead atoms. The van der Waals surface area contributed by atoms with Crippen molar-refractivity contribution in [2.45, 2.75) is 58.2 Å². The van der Waals surface area contributed by atoms with Crippen molar-refractivity contribution in [1.29, 1.82) is 0 Å². The first kappa shape index (κ1) is 14.5. The highest BCUT2D eigenvalue weighted by molar-refractivity contribution is 5.10. The Morgan fingerprint density at radius 1 is 1.37 bits per heavy atom. The van der Waals surface area contributed by atoms with E-state index in [0.29, 0.717) is 12.1 Å². The van der Waals surface area contributed by atoms with E-state index in [4.69, 9.17) is 0 Å². The minimum Gasteiger partial charge on any atom is -0.312 e. The number of nitrogens with zero attached hydrogens (tertiary/aromatic N) is 2. The second kappa shape index (κ2) is 7.01. The first-order chi connectivity index (χ1) is 9.20. The van der Waals surface area contributed by atoms with E-state index in [1.807, 2.05) is 0 Å². The lowest BCUT2D eigenvalue weighted by Gasteiger charge is -2.30. The van der Waals surface area contributed by atoms with Crippen molar-refractivity contribution < 1.29 is 0 Å². The van der Waals surface area contributed by atoms with Crippen LogP contribution >= 0.6 is 0 Å². The van der Waals surface area contributed by atoms with Crippen molar-refractivity contribution in [1.82, 2.24) is 15.2 Å². The second-order valence-electron chi connectivity index (χ2n) is 5.74. The van der Waals surface area contributed by atoms with Gasteiger partial charge in [-0.3, -0.25) is 9.88 Å². The van der Waals surface area contributed by atoms with Crippen LogP contribution in [0.3, 0.4) is 0 Å². The molecule has 3 nitrogen and oxygen atoms in total. The summed E-state index contributed by atoms with van der Waals surface area (Å²) in [5.41, 5.74) is 2.29. The predicted molar refractivity (Wildman–Crippen MR) is 80.2 cm³/mol. The molecule has 3 heteroatoms. The Labute approximate surface area is 117 Å². The fraction of sp³-hybridized carbons (Fsp3) is 0.688. The molecule has 1 saturated carbocycles. The van der Waals surface area contributed by atoms with Crippen LogP contribution in [0, 0.1) is 6.92 Å². The standard InChI is InChI=1S/C16H27N3/c1-4-11-17-15-9-6-10-16(15)19(3)12-14-8-5-7-13(2)18-14/h5,7-8,15-17H,4,6,9-12H2,1-3H3. The Balaban J connectivity index is 1.93. The third-order valence-electron chi connectivity index (χ3n) is 4.06. The summed E-state index contributed by atoms with van der Waals surface area (Å²) in [5.74, 6) is 0. The van der Waals surface area contributed by atoms with Gasteiger partial charge in [-0.25, -0.2) is 0 Å². The molecular formula is C16H27N3. The number of rotatable bonds is 6. The lowest BCUT2D eigenvalue weighted by atomic mass is 10.1. The SMILES string of the molecule is CCCNC1CCCC1N(C)Cc1cccc(C)n1. The molecule has 1 aliphatic rings. The number of pyridine rings is 1. The molecule has 0 spiro atoms. The number of nitrogens with one attached hydrogen (secondary N) is 1. The van der Waals surface area contributed by atoms with Crippen molar-refractivity contribution in [2.75, 3.05) is 13.6 Å². The zero-order valence-electron chi connectivity index (χ0n) is 12.5. The summed E-state index contributed by atoms with van der Waals surface area (Å²) in [5, 5.41) is 3.70. The van der Waals surface area contributed by atoms with E-state index < -0.39 is 0 Å². The van der Waals surface area contributed by atoms with E-state index in [1.54, 1.807) is 0 Å². The maximum absolute atomic E-state index is 4.61. The van der Waals surface area contributed by atoms with Gasteiger partial charge in [0.1, 0.15) is 0 Å². The lowest BCUT2D eigenvalue weighted by molar-refractivity contribution is 0.202. The molecule has 1 N–H and O–H groups in total. The van der Waals surface area contributed by atoms with Crippen molar-refractivity contribution >= 4 is 0 Å². The zero-order valence-corrected chi connectivity index (χ0v) is 12.5. The highest BCUT2D eigenvalue weighted by atomic mass is 15.2. The maximum atomic E-state index is 4.61. The van der Waals surface area contributed by atoms with Gasteiger partial charge in [0.25, 0.3) is 0 Å². The summed E-state index contributed by atoms with van der Waals surface area (Å²) in [6.45, 7) is 6.39. The van der Waals surface area contributed by atoms with Crippen molar-refractivity contribution in [3.63, 3.8) is 0 Å². The van der Waals surface area contributed by atoms with Crippen LogP contribution in [0.1, 0.15) is 44.0 Å². The molecule has 1 aliphatic carbocycles. The predicted octanol–water partition coefficient (Wildman–Crippen LogP) is 2.74. The highest BCUT2D eigenvalue weighted by Crippen LogP contribution is 2.24. The van der Waals surface area contributed by atoms with Crippen LogP contribution in [0.15, 0.2) is 18.2 Å². The van der Waals surface area contributed by atoms with Crippen LogP contribution in [0.2, 0.25) is 0 Å². The molecule has 1 aromatic rings. The number of hydrogen-bond donors (Lipinski definition) is 1. The summed E-state index contributed by atoms with van der Waals surface area (Å²) in [6.07, 6.45) is 5.18. The molecule has 19 heavy (non-hydrogen) atoms. The average Bonchev–Trinajstić information content (AvgIpc) is 2.84. The Morgan fingerprint density at radius 3 is 2.95 bits per heavy atom. The van der Waals surface area contributed by atoms with Gasteiger partial charge in [-0.15, -0.1) is 0 Å². The molecule has 1 aromatic heterocycles. The summed E-state index contributed by atoms with van der Waals surface area (Å²) in [6, 6.07) is 7.62. The summed E-state index contributed by atoms with van der Waals surface area (Å²) in [7, 11) is 2.24. The number of aryl methyl sites for hydroxylation is 1. The molecule has 0 amide bonds. The van der Waals surface area contributed by atoms with Crippen LogP contribution in [-0.2, 0) is 6.54 Å². The minimum absolute atomic E-state index is 0.661. The van der Waals surface area contributed by atoms with Gasteiger partial charge in [-0.2, -0.15) is 0 Å². The smallest absolute Gasteiger partial charge is 0.0547 e. The topological polar surface area (TPSA) is 28.2 Å². The number of aromatic nitrogens is 1. The summed E-state index contributed by atoms with van der Waals surface area (Å²) < 4.78 is 0. The van der Waals surface area contributed by atoms with Crippen LogP contribution in [0.4, 0.5) is 0 Å². The van der Waals surface area contributed by atoms with E-state index in [-0.39, 0.29) is 0 Å². The summed E-state index contributed by atoms with van der Waals surface area (Å²) in [4.78, 5) is 7.08. The Bertz CT molecular complexity index is 391. The molecule has 2 atom stereocenters. The van der Waals surface area contributed by atoms with Crippen molar-refractivity contribution in [2.24, 2.45) is 0 Å². The van der Waals surface area contributed by atoms with E-state index in [0.717, 1.165) is 18.8 Å². The number of hydrogen-bond acceptors (Lipinski definition) is 3. The Hall–Kier alpha value is -0.930. The third-order valence-corrected chi connectivity index (χ3v) is 4.06. The highest BCUT2D eigenvalue weighted by Gasteiger charge is 2.29. The maximum Gasteiger partial charge on any atom is 0.0547 e. The van der Waals surface area contributed by atoms with Gasteiger partial charge in [0.05, 0.1) is 5.69 Å². The monoisotopic (exact) mass is 261 g/mol. The number of likely N-dealkylation sites (N-methyl/N-ethyl adjacent to an activating group) is 1. The quantitative estimate of drug-likeness (QED) is 0.853. The Kier molecular flexibility index (Phi) is 5.34. The zero-order chi connectivity index (χ0) is 13.7. The first-order valence-corrected chi connectivity index (χ1v) is 7.57. The second-order valence-corrected chi connectivity index (χ2v) is 5.74. The molecule has 2 rings (SSSR count). The van der Waals surface area contributed by atoms with E-state index in [2.05, 4.69) is 54.3 Å².